The number of hydrogen-bond donors (Lipinski definition) is 2. The fraction of sp³-hybridized carbons (Fsp3) is 0.400. The molecule has 1 rings (SSSR count). The Hall–Kier alpha value is -0.0900. The van der Waals surface area contributed by atoms with E-state index in [-0.39, 0.29) is 12.6 Å². The number of aliphatic hydroxyl groups excluding tert-OH is 1. The van der Waals surface area contributed by atoms with E-state index >= 15 is 0 Å². The maximum atomic E-state index is 8.82. The van der Waals surface area contributed by atoms with Crippen LogP contribution in [0.4, 0.5) is 0 Å². The first-order valence-corrected chi connectivity index (χ1v) is 5.58. The second-order valence-electron chi connectivity index (χ2n) is 3.21. The minimum Gasteiger partial charge on any atom is -0.395 e. The van der Waals surface area contributed by atoms with Crippen LogP contribution in [0.5, 0.6) is 0 Å². The number of aliphatic hydroxyl groups is 1. The van der Waals surface area contributed by atoms with Crippen molar-refractivity contribution in [2.45, 2.75) is 19.5 Å². The van der Waals surface area contributed by atoms with Gasteiger partial charge in [0.15, 0.2) is 0 Å². The highest BCUT2D eigenvalue weighted by Gasteiger charge is 2.01. The number of halogens is 2. The van der Waals surface area contributed by atoms with E-state index in [4.69, 9.17) is 16.7 Å². The topological polar surface area (TPSA) is 32.3 Å². The van der Waals surface area contributed by atoms with Gasteiger partial charge in [-0.2, -0.15) is 0 Å². The molecule has 2 nitrogen and oxygen atoms in total. The lowest BCUT2D eigenvalue weighted by atomic mass is 10.2. The molecular weight excluding hydrogens is 265 g/mol. The van der Waals surface area contributed by atoms with Gasteiger partial charge in [0.1, 0.15) is 0 Å². The summed E-state index contributed by atoms with van der Waals surface area (Å²) in [6, 6.07) is 5.90. The van der Waals surface area contributed by atoms with Gasteiger partial charge in [0.25, 0.3) is 0 Å². The summed E-state index contributed by atoms with van der Waals surface area (Å²) >= 11 is 9.22. The molecule has 0 saturated carbocycles. The number of benzene rings is 1. The van der Waals surface area contributed by atoms with Crippen molar-refractivity contribution in [3.63, 3.8) is 0 Å². The Morgan fingerprint density at radius 1 is 1.57 bits per heavy atom. The van der Waals surface area contributed by atoms with Crippen molar-refractivity contribution in [3.05, 3.63) is 33.3 Å². The maximum Gasteiger partial charge on any atom is 0.0582 e. The second kappa shape index (κ2) is 5.71. The quantitative estimate of drug-likeness (QED) is 0.887. The van der Waals surface area contributed by atoms with Crippen LogP contribution in [0.15, 0.2) is 22.7 Å². The summed E-state index contributed by atoms with van der Waals surface area (Å²) in [6.45, 7) is 2.82. The summed E-state index contributed by atoms with van der Waals surface area (Å²) in [7, 11) is 0. The van der Waals surface area contributed by atoms with Crippen molar-refractivity contribution in [1.29, 1.82) is 0 Å². The van der Waals surface area contributed by atoms with Gasteiger partial charge in [0, 0.05) is 17.1 Å². The van der Waals surface area contributed by atoms with Gasteiger partial charge < -0.3 is 10.4 Å². The molecule has 4 heteroatoms. The summed E-state index contributed by atoms with van der Waals surface area (Å²) in [5.74, 6) is 0. The van der Waals surface area contributed by atoms with Gasteiger partial charge in [0.05, 0.1) is 11.6 Å². The summed E-state index contributed by atoms with van der Waals surface area (Å²) in [4.78, 5) is 0. The highest BCUT2D eigenvalue weighted by atomic mass is 79.9. The normalized spacial score (nSPS) is 12.9. The Balaban J connectivity index is 2.55. The van der Waals surface area contributed by atoms with Crippen molar-refractivity contribution in [2.75, 3.05) is 6.61 Å². The van der Waals surface area contributed by atoms with Gasteiger partial charge in [-0.15, -0.1) is 0 Å². The zero-order valence-electron chi connectivity index (χ0n) is 7.93. The van der Waals surface area contributed by atoms with E-state index in [2.05, 4.69) is 21.2 Å². The zero-order valence-corrected chi connectivity index (χ0v) is 10.3. The molecule has 78 valence electrons. The highest BCUT2D eigenvalue weighted by Crippen LogP contribution is 2.23. The smallest absolute Gasteiger partial charge is 0.0582 e. The van der Waals surface area contributed by atoms with E-state index in [1.54, 1.807) is 0 Å². The molecule has 1 aromatic rings. The third-order valence-corrected chi connectivity index (χ3v) is 3.13. The predicted octanol–water partition coefficient (Wildman–Crippen LogP) is 2.57. The number of rotatable bonds is 4. The molecule has 0 aliphatic rings. The molecule has 1 atom stereocenters. The molecule has 0 aromatic heterocycles. The van der Waals surface area contributed by atoms with Crippen LogP contribution < -0.4 is 5.32 Å². The minimum absolute atomic E-state index is 0.115. The monoisotopic (exact) mass is 277 g/mol. The van der Waals surface area contributed by atoms with E-state index < -0.39 is 0 Å². The predicted molar refractivity (Wildman–Crippen MR) is 62.5 cm³/mol. The van der Waals surface area contributed by atoms with Crippen LogP contribution in [0.2, 0.25) is 5.02 Å². The Morgan fingerprint density at radius 3 is 2.86 bits per heavy atom. The summed E-state index contributed by atoms with van der Waals surface area (Å²) in [5.41, 5.74) is 1.14. The lowest BCUT2D eigenvalue weighted by Gasteiger charge is -2.10. The minimum atomic E-state index is 0.115. The van der Waals surface area contributed by atoms with E-state index in [9.17, 15) is 0 Å². The van der Waals surface area contributed by atoms with E-state index in [0.717, 1.165) is 16.6 Å². The molecule has 14 heavy (non-hydrogen) atoms. The van der Waals surface area contributed by atoms with Crippen molar-refractivity contribution in [1.82, 2.24) is 5.32 Å². The molecule has 0 amide bonds. The Bertz CT molecular complexity index is 306. The molecule has 0 aliphatic carbocycles. The molecule has 0 bridgehead atoms. The third kappa shape index (κ3) is 3.58. The largest absolute Gasteiger partial charge is 0.395 e. The molecule has 0 saturated heterocycles. The summed E-state index contributed by atoms with van der Waals surface area (Å²) in [6.07, 6.45) is 0. The van der Waals surface area contributed by atoms with Crippen LogP contribution in [-0.2, 0) is 6.54 Å². The average molecular weight is 279 g/mol. The van der Waals surface area contributed by atoms with Crippen molar-refractivity contribution in [3.8, 4) is 0 Å². The number of nitrogens with one attached hydrogen (secondary N) is 1. The van der Waals surface area contributed by atoms with Crippen molar-refractivity contribution < 1.29 is 5.11 Å². The summed E-state index contributed by atoms with van der Waals surface area (Å²) in [5, 5.41) is 12.7. The average Bonchev–Trinajstić information content (AvgIpc) is 2.19. The lowest BCUT2D eigenvalue weighted by Crippen LogP contribution is -2.28. The van der Waals surface area contributed by atoms with E-state index in [1.807, 2.05) is 25.1 Å². The van der Waals surface area contributed by atoms with Gasteiger partial charge in [-0.3, -0.25) is 0 Å². The molecule has 0 aliphatic heterocycles. The van der Waals surface area contributed by atoms with Crippen LogP contribution in [0.25, 0.3) is 0 Å². The van der Waals surface area contributed by atoms with Crippen molar-refractivity contribution >= 4 is 27.5 Å². The first kappa shape index (κ1) is 12.0. The van der Waals surface area contributed by atoms with Crippen molar-refractivity contribution in [2.24, 2.45) is 0 Å². The van der Waals surface area contributed by atoms with Gasteiger partial charge in [-0.1, -0.05) is 17.7 Å². The fourth-order valence-corrected chi connectivity index (χ4v) is 1.55. The van der Waals surface area contributed by atoms with E-state index in [0.29, 0.717) is 5.02 Å². The van der Waals surface area contributed by atoms with Crippen LogP contribution >= 0.6 is 27.5 Å². The van der Waals surface area contributed by atoms with Crippen LogP contribution in [0.1, 0.15) is 12.5 Å². The molecular formula is C10H13BrClNO. The fourth-order valence-electron chi connectivity index (χ4n) is 1.01. The molecule has 0 fully saturated rings. The standard InChI is InChI=1S/C10H13BrClNO/c1-7(6-14)13-5-8-2-3-10(12)9(11)4-8/h2-4,7,13-14H,5-6H2,1H3/t7-/m1/s1. The Labute approximate surface area is 97.4 Å². The van der Waals surface area contributed by atoms with Gasteiger partial charge >= 0.3 is 0 Å². The first-order chi connectivity index (χ1) is 6.63. The SMILES string of the molecule is C[C@H](CO)NCc1ccc(Cl)c(Br)c1. The molecule has 0 radical (unpaired) electrons. The molecule has 0 unspecified atom stereocenters. The molecule has 2 N–H and O–H groups in total. The molecule has 0 heterocycles. The zero-order chi connectivity index (χ0) is 10.6. The van der Waals surface area contributed by atoms with Gasteiger partial charge in [0.2, 0.25) is 0 Å². The van der Waals surface area contributed by atoms with E-state index in [1.165, 1.54) is 0 Å². The first-order valence-electron chi connectivity index (χ1n) is 4.41. The summed E-state index contributed by atoms with van der Waals surface area (Å²) < 4.78 is 0.898. The van der Waals surface area contributed by atoms with Gasteiger partial charge in [-0.25, -0.2) is 0 Å². The highest BCUT2D eigenvalue weighted by molar-refractivity contribution is 9.10. The maximum absolute atomic E-state index is 8.82. The van der Waals surface area contributed by atoms with Crippen LogP contribution in [-0.4, -0.2) is 17.8 Å². The van der Waals surface area contributed by atoms with Gasteiger partial charge in [-0.05, 0) is 40.5 Å². The molecule has 1 aromatic carbocycles. The van der Waals surface area contributed by atoms with Crippen LogP contribution in [0.3, 0.4) is 0 Å². The lowest BCUT2D eigenvalue weighted by molar-refractivity contribution is 0.251. The Kier molecular flexibility index (Phi) is 4.89. The molecule has 0 spiro atoms. The van der Waals surface area contributed by atoms with Crippen LogP contribution in [0, 0.1) is 0 Å². The Morgan fingerprint density at radius 2 is 2.29 bits per heavy atom. The third-order valence-electron chi connectivity index (χ3n) is 1.91. The second-order valence-corrected chi connectivity index (χ2v) is 4.47. The number of hydrogen-bond acceptors (Lipinski definition) is 2.